The van der Waals surface area contributed by atoms with Crippen molar-refractivity contribution in [1.29, 1.82) is 5.41 Å². The lowest BCUT2D eigenvalue weighted by Gasteiger charge is -2.29. The van der Waals surface area contributed by atoms with Crippen LogP contribution in [-0.2, 0) is 97.6 Å². The zero-order valence-electron chi connectivity index (χ0n) is 64.9. The average Bonchev–Trinajstić information content (AvgIpc) is 1.78. The molecule has 12 atom stereocenters. The molecule has 2 aromatic heterocycles. The number of aliphatic carboxylic acids is 1. The molecule has 0 bridgehead atoms. The van der Waals surface area contributed by atoms with Crippen LogP contribution in [0.3, 0.4) is 0 Å². The van der Waals surface area contributed by atoms with E-state index in [-0.39, 0.29) is 80.4 Å². The summed E-state index contributed by atoms with van der Waals surface area (Å²) >= 11 is 1.33. The van der Waals surface area contributed by atoms with Crippen molar-refractivity contribution in [3.63, 3.8) is 0 Å². The first-order chi connectivity index (χ1) is 55.0. The Morgan fingerprint density at radius 2 is 0.905 bits per heavy atom. The molecule has 38 nitrogen and oxygen atoms in total. The predicted octanol–water partition coefficient (Wildman–Crippen LogP) is -2.51. The molecule has 0 aliphatic carbocycles. The van der Waals surface area contributed by atoms with Gasteiger partial charge in [0.05, 0.1) is 19.1 Å². The average molecular weight is 1630 g/mol. The minimum absolute atomic E-state index is 0.0220. The van der Waals surface area contributed by atoms with Crippen LogP contribution in [0.4, 0.5) is 0 Å². The van der Waals surface area contributed by atoms with Gasteiger partial charge in [0, 0.05) is 79.8 Å². The number of aromatic amines is 2. The molecule has 0 spiro atoms. The molecule has 6 aromatic rings. The van der Waals surface area contributed by atoms with Gasteiger partial charge < -0.3 is 117 Å². The van der Waals surface area contributed by atoms with Crippen LogP contribution in [0.1, 0.15) is 102 Å². The molecule has 0 aliphatic heterocycles. The van der Waals surface area contributed by atoms with Gasteiger partial charge in [0.15, 0.2) is 5.96 Å². The number of guanidine groups is 1. The van der Waals surface area contributed by atoms with Crippen LogP contribution in [0.2, 0.25) is 0 Å². The lowest BCUT2D eigenvalue weighted by molar-refractivity contribution is -0.141. The number of amides is 14. The number of aliphatic hydroxyl groups excluding tert-OH is 1. The van der Waals surface area contributed by atoms with Gasteiger partial charge >= 0.3 is 5.97 Å². The summed E-state index contributed by atoms with van der Waals surface area (Å²) < 4.78 is 0. The highest BCUT2D eigenvalue weighted by Gasteiger charge is 2.39. The van der Waals surface area contributed by atoms with Crippen molar-refractivity contribution < 1.29 is 92.3 Å². The number of fused-ring (bicyclic) bond motifs is 2. The number of carboxylic acids is 1. The molecule has 0 saturated carbocycles. The Bertz CT molecular complexity index is 4480. The maximum Gasteiger partial charge on any atom is 0.305 e. The number of hydrogen-bond donors (Lipinski definition) is 23. The number of aliphatic hydroxyl groups is 1. The number of H-pyrrole nitrogens is 2. The second-order valence-electron chi connectivity index (χ2n) is 28.2. The topological polar surface area (TPSA) is 627 Å². The summed E-state index contributed by atoms with van der Waals surface area (Å²) in [6.45, 7) is 6.66. The Labute approximate surface area is 671 Å². The molecule has 6 rings (SSSR count). The number of aromatic hydroxyl groups is 2. The molecular formula is C77H103N19O19S. The normalized spacial score (nSPS) is 14.2. The van der Waals surface area contributed by atoms with Crippen LogP contribution >= 0.6 is 11.8 Å². The Balaban J connectivity index is 1.30. The smallest absolute Gasteiger partial charge is 0.305 e. The van der Waals surface area contributed by atoms with Crippen LogP contribution in [0, 0.1) is 11.3 Å². The molecule has 14 amide bonds. The number of hydrogen-bond acceptors (Lipinski definition) is 20. The number of para-hydroxylation sites is 2. The van der Waals surface area contributed by atoms with Gasteiger partial charge in [0.25, 0.3) is 0 Å². The van der Waals surface area contributed by atoms with Gasteiger partial charge in [-0.25, -0.2) is 0 Å². The molecular weight excluding hydrogens is 1530 g/mol. The highest BCUT2D eigenvalue weighted by molar-refractivity contribution is 7.98. The van der Waals surface area contributed by atoms with Gasteiger partial charge in [-0.1, -0.05) is 74.5 Å². The summed E-state index contributed by atoms with van der Waals surface area (Å²) in [5, 5.41) is 83.1. The van der Waals surface area contributed by atoms with Crippen molar-refractivity contribution in [2.75, 3.05) is 25.1 Å². The first kappa shape index (κ1) is 92.1. The third kappa shape index (κ3) is 29.9. The van der Waals surface area contributed by atoms with E-state index in [2.05, 4.69) is 79.1 Å². The second-order valence-corrected chi connectivity index (χ2v) is 29.2. The van der Waals surface area contributed by atoms with Crippen molar-refractivity contribution in [3.8, 4) is 11.5 Å². The Kier molecular flexibility index (Phi) is 35.9. The standard InChI is InChI=1S/C77H103N19O19S/c1-39(2)30-56(71(110)91-57(31-43-17-21-47(99)22-18-43)68(107)85-38-63(102)87-53(66(79)105)16-11-28-82-77(80)81)90-74(113)59(33-45-36-83-51-14-9-7-12-49(45)51)93-72(111)58(32-44-19-23-48(100)24-20-44)92-75(114)61(35-64(103)104)94-69(108)54(25-26-62(78)101)89-73(112)60(34-46-37-84-52-15-10-8-13-50(46)52)95-76(115)65(41(4)97)96-70(109)55(27-29-116-6)88-67(106)40(3)86-42(5)98/h7-10,12-15,17-24,36-37,39-41,53-61,65,83-84,97,99-100H,11,16,25-35,38H2,1-6H3,(H2,78,101)(H2,79,105)(H,85,107)(H,86,98)(H,87,102)(H,88,106)(H,89,112)(H,90,113)(H,91,110)(H,92,114)(H,93,111)(H,94,108)(H,95,115)(H,96,109)(H,103,104)(H4,80,81,82)/t40-,41+,53-,54-,55-,56-,57-,58-,59-,60-,61-,65-/m0/s1. The fraction of sp³-hybridized carbons (Fsp3) is 0.429. The van der Waals surface area contributed by atoms with E-state index in [1.807, 2.05) is 0 Å². The quantitative estimate of drug-likeness (QED) is 0.0107. The molecule has 0 unspecified atom stereocenters. The summed E-state index contributed by atoms with van der Waals surface area (Å²) in [6.07, 6.45) is -0.451. The molecule has 0 aliphatic rings. The summed E-state index contributed by atoms with van der Waals surface area (Å²) in [6, 6.07) is 7.08. The van der Waals surface area contributed by atoms with E-state index in [0.717, 1.165) is 6.92 Å². The Morgan fingerprint density at radius 3 is 1.38 bits per heavy atom. The SMILES string of the molecule is CSCC[C@H](NC(=O)[C@H](C)NC(C)=O)C(=O)N[C@H](C(=O)N[C@@H](Cc1c[nH]c2ccccc12)C(=O)N[C@@H](CCC(N)=O)C(=O)N[C@@H](CC(=O)O)C(=O)N[C@@H](Cc1ccc(O)cc1)C(=O)N[C@@H](Cc1c[nH]c2ccccc12)C(=O)N[C@@H](CC(C)C)C(=O)N[C@@H](Cc1ccc(O)cc1)C(=O)NCC(=O)N[C@@H](CCCNC(=N)N)C(N)=O)[C@@H](C)O. The Hall–Kier alpha value is -12.8. The van der Waals surface area contributed by atoms with Gasteiger partial charge in [-0.3, -0.25) is 77.3 Å². The second kappa shape index (κ2) is 45.2. The number of carbonyl (C=O) groups is 15. The molecule has 626 valence electrons. The van der Waals surface area contributed by atoms with E-state index < -0.39 is 193 Å². The molecule has 0 saturated heterocycles. The number of carbonyl (C=O) groups excluding carboxylic acids is 14. The van der Waals surface area contributed by atoms with Crippen LogP contribution in [0.5, 0.6) is 11.5 Å². The first-order valence-electron chi connectivity index (χ1n) is 37.3. The minimum atomic E-state index is -2.14. The first-order valence-corrected chi connectivity index (χ1v) is 38.7. The van der Waals surface area contributed by atoms with Crippen LogP contribution in [-0.4, -0.2) is 223 Å². The van der Waals surface area contributed by atoms with Gasteiger partial charge in [0.2, 0.25) is 82.7 Å². The van der Waals surface area contributed by atoms with E-state index in [1.165, 1.54) is 80.3 Å². The number of aromatic nitrogens is 2. The van der Waals surface area contributed by atoms with E-state index in [0.29, 0.717) is 44.2 Å². The number of phenols is 2. The predicted molar refractivity (Wildman–Crippen MR) is 426 cm³/mol. The maximum absolute atomic E-state index is 15.3. The summed E-state index contributed by atoms with van der Waals surface area (Å²) in [5.41, 5.74) is 19.2. The number of nitrogens with two attached hydrogens (primary N) is 3. The zero-order valence-corrected chi connectivity index (χ0v) is 65.7. The summed E-state index contributed by atoms with van der Waals surface area (Å²) in [5.74, 6) is -16.1. The lowest BCUT2D eigenvalue weighted by Crippen LogP contribution is -2.62. The van der Waals surface area contributed by atoms with E-state index in [9.17, 15) is 82.8 Å². The van der Waals surface area contributed by atoms with Crippen LogP contribution < -0.4 is 86.3 Å². The van der Waals surface area contributed by atoms with Crippen molar-refractivity contribution in [1.82, 2.24) is 79.1 Å². The van der Waals surface area contributed by atoms with Crippen molar-refractivity contribution >= 4 is 128 Å². The molecule has 2 heterocycles. The summed E-state index contributed by atoms with van der Waals surface area (Å²) in [7, 11) is 0. The van der Waals surface area contributed by atoms with Gasteiger partial charge in [-0.15, -0.1) is 0 Å². The molecule has 39 heteroatoms. The highest BCUT2D eigenvalue weighted by Crippen LogP contribution is 2.23. The number of carboxylic acid groups (broad SMARTS) is 1. The highest BCUT2D eigenvalue weighted by atomic mass is 32.2. The largest absolute Gasteiger partial charge is 0.508 e. The monoisotopic (exact) mass is 1630 g/mol. The number of benzene rings is 4. The number of rotatable bonds is 47. The third-order valence-corrected chi connectivity index (χ3v) is 19.0. The third-order valence-electron chi connectivity index (χ3n) is 18.4. The number of primary amides is 2. The van der Waals surface area contributed by atoms with Crippen molar-refractivity contribution in [2.24, 2.45) is 23.1 Å². The molecule has 4 aromatic carbocycles. The van der Waals surface area contributed by atoms with Gasteiger partial charge in [0.1, 0.15) is 78.0 Å². The van der Waals surface area contributed by atoms with Crippen molar-refractivity contribution in [3.05, 3.63) is 132 Å². The zero-order chi connectivity index (χ0) is 85.5. The van der Waals surface area contributed by atoms with Crippen molar-refractivity contribution in [2.45, 2.75) is 178 Å². The minimum Gasteiger partial charge on any atom is -0.508 e. The lowest BCUT2D eigenvalue weighted by atomic mass is 9.99. The molecule has 116 heavy (non-hydrogen) atoms. The molecule has 26 N–H and O–H groups in total. The molecule has 0 fully saturated rings. The number of nitrogens with one attached hydrogen (secondary N) is 16. The van der Waals surface area contributed by atoms with E-state index >= 15 is 9.59 Å². The van der Waals surface area contributed by atoms with Gasteiger partial charge in [-0.2, -0.15) is 11.8 Å². The Morgan fingerprint density at radius 1 is 0.474 bits per heavy atom. The molecule has 0 radical (unpaired) electrons. The fourth-order valence-corrected chi connectivity index (χ4v) is 12.8. The van der Waals surface area contributed by atoms with E-state index in [4.69, 9.17) is 22.6 Å². The number of thioether (sulfide) groups is 1. The fourth-order valence-electron chi connectivity index (χ4n) is 12.3. The van der Waals surface area contributed by atoms with Crippen LogP contribution in [0.25, 0.3) is 21.8 Å². The summed E-state index contributed by atoms with van der Waals surface area (Å²) in [4.78, 5) is 214. The maximum atomic E-state index is 15.3. The van der Waals surface area contributed by atoms with Crippen LogP contribution in [0.15, 0.2) is 109 Å². The van der Waals surface area contributed by atoms with E-state index in [1.54, 1.807) is 74.8 Å². The van der Waals surface area contributed by atoms with Gasteiger partial charge in [-0.05, 0) is 123 Å². The number of phenolic OH excluding ortho intramolecular Hbond substituents is 2.